The second kappa shape index (κ2) is 62.2. The van der Waals surface area contributed by atoms with Gasteiger partial charge in [-0.25, -0.2) is 9.13 Å². The minimum Gasteiger partial charge on any atom is -0.462 e. The Morgan fingerprint density at radius 2 is 0.573 bits per heavy atom. The van der Waals surface area contributed by atoms with Crippen LogP contribution in [0.3, 0.4) is 0 Å². The molecule has 17 nitrogen and oxygen atoms in total. The summed E-state index contributed by atoms with van der Waals surface area (Å²) in [5, 5.41) is 10.6. The maximum atomic E-state index is 13.0. The molecule has 0 aromatic heterocycles. The molecule has 0 saturated heterocycles. The van der Waals surface area contributed by atoms with Crippen LogP contribution in [0.2, 0.25) is 0 Å². The molecule has 0 amide bonds. The van der Waals surface area contributed by atoms with Gasteiger partial charge in [-0.3, -0.25) is 37.3 Å². The van der Waals surface area contributed by atoms with Gasteiger partial charge in [0.05, 0.1) is 26.4 Å². The van der Waals surface area contributed by atoms with Gasteiger partial charge in [0.25, 0.3) is 0 Å². The van der Waals surface area contributed by atoms with Gasteiger partial charge in [0.2, 0.25) is 0 Å². The number of aliphatic hydroxyl groups excluding tert-OH is 1. The van der Waals surface area contributed by atoms with Crippen LogP contribution in [-0.2, 0) is 65.4 Å². The molecule has 89 heavy (non-hydrogen) atoms. The SMILES string of the molecule is CCCCCCCCCCCCCCCCC(=O)OC[C@H](COP(=O)(O)OC[C@@H](O)COP(=O)(O)OC[C@@H](COC(=O)CCCCCCC)OC(=O)CCCCCCCCCCC(C)CC)OC(=O)CCCCCCCCCCCCCCCCCC(C)C. The van der Waals surface area contributed by atoms with Gasteiger partial charge in [-0.15, -0.1) is 0 Å². The average Bonchev–Trinajstić information content (AvgIpc) is 3.64. The molecule has 6 atom stereocenters. The number of hydrogen-bond acceptors (Lipinski definition) is 15. The van der Waals surface area contributed by atoms with Crippen LogP contribution in [0.25, 0.3) is 0 Å². The molecule has 3 N–H and O–H groups in total. The molecule has 3 unspecified atom stereocenters. The Labute approximate surface area is 543 Å². The molecule has 0 aromatic carbocycles. The highest BCUT2D eigenvalue weighted by Crippen LogP contribution is 2.45. The van der Waals surface area contributed by atoms with E-state index in [4.69, 9.17) is 37.0 Å². The second-order valence-corrected chi connectivity index (χ2v) is 28.9. The van der Waals surface area contributed by atoms with E-state index in [-0.39, 0.29) is 25.7 Å². The number of phosphoric ester groups is 2. The van der Waals surface area contributed by atoms with E-state index in [1.165, 1.54) is 167 Å². The van der Waals surface area contributed by atoms with Gasteiger partial charge in [-0.1, -0.05) is 305 Å². The molecule has 0 fully saturated rings. The van der Waals surface area contributed by atoms with E-state index in [2.05, 4.69) is 41.5 Å². The summed E-state index contributed by atoms with van der Waals surface area (Å²) in [6.07, 6.45) is 47.5. The molecular formula is C70H136O17P2. The Kier molecular flexibility index (Phi) is 60.8. The third kappa shape index (κ3) is 63.2. The summed E-state index contributed by atoms with van der Waals surface area (Å²) in [6, 6.07) is 0. The highest BCUT2D eigenvalue weighted by molar-refractivity contribution is 7.47. The van der Waals surface area contributed by atoms with E-state index in [0.29, 0.717) is 25.7 Å². The van der Waals surface area contributed by atoms with E-state index in [1.807, 2.05) is 0 Å². The van der Waals surface area contributed by atoms with Gasteiger partial charge in [-0.2, -0.15) is 0 Å². The van der Waals surface area contributed by atoms with E-state index in [1.54, 1.807) is 0 Å². The molecule has 0 spiro atoms. The van der Waals surface area contributed by atoms with Gasteiger partial charge >= 0.3 is 39.5 Å². The second-order valence-electron chi connectivity index (χ2n) is 26.0. The van der Waals surface area contributed by atoms with E-state index in [9.17, 15) is 43.2 Å². The minimum absolute atomic E-state index is 0.104. The fourth-order valence-corrected chi connectivity index (χ4v) is 12.1. The molecule has 19 heteroatoms. The molecular weight excluding hydrogens is 1170 g/mol. The van der Waals surface area contributed by atoms with Crippen LogP contribution in [-0.4, -0.2) is 96.7 Å². The van der Waals surface area contributed by atoms with Gasteiger partial charge in [0, 0.05) is 25.7 Å². The van der Waals surface area contributed by atoms with Crippen LogP contribution >= 0.6 is 15.6 Å². The van der Waals surface area contributed by atoms with Crippen LogP contribution in [0.1, 0.15) is 356 Å². The van der Waals surface area contributed by atoms with Gasteiger partial charge in [0.15, 0.2) is 12.2 Å². The predicted octanol–water partition coefficient (Wildman–Crippen LogP) is 20.0. The summed E-state index contributed by atoms with van der Waals surface area (Å²) in [5.74, 6) is -0.563. The number of aliphatic hydroxyl groups is 1. The number of carbonyl (C=O) groups is 4. The van der Waals surface area contributed by atoms with Gasteiger partial charge in [0.1, 0.15) is 19.3 Å². The van der Waals surface area contributed by atoms with Crippen molar-refractivity contribution in [3.05, 3.63) is 0 Å². The van der Waals surface area contributed by atoms with Crippen molar-refractivity contribution in [2.75, 3.05) is 39.6 Å². The van der Waals surface area contributed by atoms with Crippen molar-refractivity contribution < 1.29 is 80.2 Å². The molecule has 0 heterocycles. The fraction of sp³-hybridized carbons (Fsp3) is 0.943. The van der Waals surface area contributed by atoms with Crippen molar-refractivity contribution in [2.45, 2.75) is 374 Å². The van der Waals surface area contributed by atoms with Crippen molar-refractivity contribution in [3.8, 4) is 0 Å². The first kappa shape index (κ1) is 87.1. The third-order valence-corrected chi connectivity index (χ3v) is 18.5. The number of phosphoric acid groups is 2. The van der Waals surface area contributed by atoms with E-state index >= 15 is 0 Å². The number of carbonyl (C=O) groups excluding carboxylic acids is 4. The van der Waals surface area contributed by atoms with Crippen LogP contribution in [0.5, 0.6) is 0 Å². The summed E-state index contributed by atoms with van der Waals surface area (Å²) in [6.45, 7) is 9.49. The first-order valence-electron chi connectivity index (χ1n) is 36.5. The lowest BCUT2D eigenvalue weighted by molar-refractivity contribution is -0.161. The Balaban J connectivity index is 5.16. The van der Waals surface area contributed by atoms with Crippen LogP contribution in [0.4, 0.5) is 0 Å². The highest BCUT2D eigenvalue weighted by atomic mass is 31.2. The Morgan fingerprint density at radius 3 is 0.854 bits per heavy atom. The number of unbranched alkanes of at least 4 members (excludes halogenated alkanes) is 38. The van der Waals surface area contributed by atoms with Crippen LogP contribution in [0, 0.1) is 11.8 Å². The molecule has 0 bridgehead atoms. The molecule has 0 aliphatic carbocycles. The summed E-state index contributed by atoms with van der Waals surface area (Å²) >= 11 is 0. The smallest absolute Gasteiger partial charge is 0.462 e. The zero-order valence-corrected chi connectivity index (χ0v) is 59.5. The van der Waals surface area contributed by atoms with Crippen molar-refractivity contribution in [1.29, 1.82) is 0 Å². The van der Waals surface area contributed by atoms with Crippen LogP contribution in [0.15, 0.2) is 0 Å². The lowest BCUT2D eigenvalue weighted by atomic mass is 9.99. The first-order valence-corrected chi connectivity index (χ1v) is 39.5. The zero-order valence-electron chi connectivity index (χ0n) is 57.7. The van der Waals surface area contributed by atoms with E-state index in [0.717, 1.165) is 108 Å². The lowest BCUT2D eigenvalue weighted by Gasteiger charge is -2.21. The molecule has 0 radical (unpaired) electrons. The van der Waals surface area contributed by atoms with E-state index < -0.39 is 97.5 Å². The summed E-state index contributed by atoms with van der Waals surface area (Å²) in [4.78, 5) is 72.3. The van der Waals surface area contributed by atoms with Crippen molar-refractivity contribution in [3.63, 3.8) is 0 Å². The van der Waals surface area contributed by atoms with Crippen molar-refractivity contribution in [2.24, 2.45) is 11.8 Å². The standard InChI is InChI=1S/C70H136O17P2/c1-7-10-12-14-15-16-17-18-23-26-29-35-41-47-53-68(73)81-59-66(87-69(74)54-48-42-36-30-27-24-21-19-20-22-25-28-33-39-44-50-62(4)5)61-85-89(78,79)83-57-64(71)56-82-88(76,77)84-60-65(58-80-67(72)52-46-38-13-11-8-2)86-70(75)55-49-43-37-32-31-34-40-45-51-63(6)9-3/h62-66,71H,7-61H2,1-6H3,(H,76,77)(H,78,79)/t63?,64-,65+,66+/m0/s1. The predicted molar refractivity (Wildman–Crippen MR) is 358 cm³/mol. The maximum absolute atomic E-state index is 13.0. The molecule has 0 saturated carbocycles. The molecule has 528 valence electrons. The quantitative estimate of drug-likeness (QED) is 0.0222. The monoisotopic (exact) mass is 1310 g/mol. The van der Waals surface area contributed by atoms with Gasteiger partial charge < -0.3 is 33.8 Å². The molecule has 0 aromatic rings. The Hall–Kier alpha value is -1.94. The Bertz CT molecular complexity index is 1740. The molecule has 0 rings (SSSR count). The largest absolute Gasteiger partial charge is 0.472 e. The molecule has 0 aliphatic rings. The number of hydrogen-bond donors (Lipinski definition) is 3. The lowest BCUT2D eigenvalue weighted by Crippen LogP contribution is -2.30. The number of esters is 4. The number of rotatable bonds is 69. The topological polar surface area (TPSA) is 237 Å². The van der Waals surface area contributed by atoms with Gasteiger partial charge in [-0.05, 0) is 37.5 Å². The maximum Gasteiger partial charge on any atom is 0.472 e. The van der Waals surface area contributed by atoms with Crippen LogP contribution < -0.4 is 0 Å². The number of ether oxygens (including phenoxy) is 4. The fourth-order valence-electron chi connectivity index (χ4n) is 10.6. The molecule has 0 aliphatic heterocycles. The normalized spacial score (nSPS) is 14.4. The average molecular weight is 1310 g/mol. The summed E-state index contributed by atoms with van der Waals surface area (Å²) < 4.78 is 68.1. The summed E-state index contributed by atoms with van der Waals surface area (Å²) in [5.41, 5.74) is 0. The Morgan fingerprint density at radius 1 is 0.326 bits per heavy atom. The van der Waals surface area contributed by atoms with Crippen molar-refractivity contribution >= 4 is 39.5 Å². The zero-order chi connectivity index (χ0) is 65.7. The third-order valence-electron chi connectivity index (χ3n) is 16.6. The first-order chi connectivity index (χ1) is 42.9. The summed E-state index contributed by atoms with van der Waals surface area (Å²) in [7, 11) is -9.89. The van der Waals surface area contributed by atoms with Crippen molar-refractivity contribution in [1.82, 2.24) is 0 Å². The highest BCUT2D eigenvalue weighted by Gasteiger charge is 2.30. The minimum atomic E-state index is -4.95.